The lowest BCUT2D eigenvalue weighted by atomic mass is 10.2. The Balaban J connectivity index is 2.19. The zero-order valence-corrected chi connectivity index (χ0v) is 9.99. The second-order valence-electron chi connectivity index (χ2n) is 3.80. The van der Waals surface area contributed by atoms with Crippen molar-refractivity contribution < 1.29 is 4.39 Å². The van der Waals surface area contributed by atoms with Crippen molar-refractivity contribution in [3.8, 4) is 0 Å². The predicted molar refractivity (Wildman–Crippen MR) is 65.5 cm³/mol. The molecule has 0 saturated carbocycles. The molecule has 0 spiro atoms. The van der Waals surface area contributed by atoms with E-state index in [9.17, 15) is 4.39 Å². The summed E-state index contributed by atoms with van der Waals surface area (Å²) in [5.41, 5.74) is 7.51. The summed E-state index contributed by atoms with van der Waals surface area (Å²) in [4.78, 5) is 4.08. The Bertz CT molecular complexity index is 510. The lowest BCUT2D eigenvalue weighted by Gasteiger charge is -2.08. The van der Waals surface area contributed by atoms with Crippen molar-refractivity contribution in [2.24, 2.45) is 5.73 Å². The Morgan fingerprint density at radius 2 is 2.24 bits per heavy atom. The monoisotopic (exact) mass is 253 g/mol. The number of hydrogen-bond acceptors (Lipinski definition) is 2. The summed E-state index contributed by atoms with van der Waals surface area (Å²) in [6.45, 7) is 1.20. The third-order valence-electron chi connectivity index (χ3n) is 2.54. The van der Waals surface area contributed by atoms with Crippen molar-refractivity contribution in [1.29, 1.82) is 0 Å². The standard InChI is InChI=1S/C12H13ClFN3/c13-11-5-9(1-2-12(11)14)7-17-8-16-6-10(17)3-4-15/h1-2,5-6,8H,3-4,7,15H2. The summed E-state index contributed by atoms with van der Waals surface area (Å²) in [5, 5.41) is 0.142. The van der Waals surface area contributed by atoms with Crippen LogP contribution in [0.3, 0.4) is 0 Å². The van der Waals surface area contributed by atoms with Crippen molar-refractivity contribution in [2.45, 2.75) is 13.0 Å². The predicted octanol–water partition coefficient (Wildman–Crippen LogP) is 2.23. The first kappa shape index (κ1) is 12.1. The molecule has 0 bridgehead atoms. The van der Waals surface area contributed by atoms with Gasteiger partial charge in [-0.25, -0.2) is 9.37 Å². The maximum atomic E-state index is 13.0. The molecule has 0 unspecified atom stereocenters. The van der Waals surface area contributed by atoms with E-state index in [1.165, 1.54) is 6.07 Å². The molecule has 0 aliphatic carbocycles. The van der Waals surface area contributed by atoms with Gasteiger partial charge in [0.2, 0.25) is 0 Å². The number of nitrogens with two attached hydrogens (primary N) is 1. The molecule has 0 saturated heterocycles. The Morgan fingerprint density at radius 1 is 1.41 bits per heavy atom. The van der Waals surface area contributed by atoms with Crippen molar-refractivity contribution in [1.82, 2.24) is 9.55 Å². The van der Waals surface area contributed by atoms with E-state index in [2.05, 4.69) is 4.98 Å². The maximum Gasteiger partial charge on any atom is 0.141 e. The van der Waals surface area contributed by atoms with E-state index in [4.69, 9.17) is 17.3 Å². The van der Waals surface area contributed by atoms with Gasteiger partial charge in [0.25, 0.3) is 0 Å². The van der Waals surface area contributed by atoms with Gasteiger partial charge in [-0.15, -0.1) is 0 Å². The van der Waals surface area contributed by atoms with E-state index in [1.54, 1.807) is 24.7 Å². The quantitative estimate of drug-likeness (QED) is 0.908. The third kappa shape index (κ3) is 2.84. The van der Waals surface area contributed by atoms with E-state index in [-0.39, 0.29) is 5.02 Å². The van der Waals surface area contributed by atoms with Gasteiger partial charge in [-0.05, 0) is 24.2 Å². The highest BCUT2D eigenvalue weighted by atomic mass is 35.5. The van der Waals surface area contributed by atoms with E-state index < -0.39 is 5.82 Å². The highest BCUT2D eigenvalue weighted by molar-refractivity contribution is 6.30. The maximum absolute atomic E-state index is 13.0. The molecular formula is C12H13ClFN3. The smallest absolute Gasteiger partial charge is 0.141 e. The molecule has 17 heavy (non-hydrogen) atoms. The highest BCUT2D eigenvalue weighted by Gasteiger charge is 2.04. The van der Waals surface area contributed by atoms with Gasteiger partial charge in [0, 0.05) is 24.9 Å². The summed E-state index contributed by atoms with van der Waals surface area (Å²) in [6.07, 6.45) is 4.30. The summed E-state index contributed by atoms with van der Waals surface area (Å²) >= 11 is 5.74. The first-order chi connectivity index (χ1) is 8.20. The van der Waals surface area contributed by atoms with Crippen molar-refractivity contribution in [3.05, 3.63) is 52.8 Å². The molecule has 2 rings (SSSR count). The van der Waals surface area contributed by atoms with Gasteiger partial charge in [-0.2, -0.15) is 0 Å². The largest absolute Gasteiger partial charge is 0.330 e. The van der Waals surface area contributed by atoms with Gasteiger partial charge in [0.1, 0.15) is 5.82 Å². The Kier molecular flexibility index (Phi) is 3.76. The van der Waals surface area contributed by atoms with Crippen LogP contribution in [0.5, 0.6) is 0 Å². The fourth-order valence-electron chi connectivity index (χ4n) is 1.68. The number of imidazole rings is 1. The average Bonchev–Trinajstić information content (AvgIpc) is 2.72. The molecule has 0 atom stereocenters. The minimum absolute atomic E-state index is 0.142. The second kappa shape index (κ2) is 5.29. The fraction of sp³-hybridized carbons (Fsp3) is 0.250. The Morgan fingerprint density at radius 3 is 2.94 bits per heavy atom. The van der Waals surface area contributed by atoms with Crippen LogP contribution in [0, 0.1) is 5.82 Å². The first-order valence-corrected chi connectivity index (χ1v) is 5.71. The number of rotatable bonds is 4. The van der Waals surface area contributed by atoms with E-state index in [1.807, 2.05) is 4.57 Å². The molecule has 3 nitrogen and oxygen atoms in total. The van der Waals surface area contributed by atoms with Gasteiger partial charge < -0.3 is 10.3 Å². The minimum atomic E-state index is -0.400. The number of hydrogen-bond donors (Lipinski definition) is 1. The average molecular weight is 254 g/mol. The van der Waals surface area contributed by atoms with Gasteiger partial charge in [-0.1, -0.05) is 17.7 Å². The molecule has 1 aromatic heterocycles. The van der Waals surface area contributed by atoms with Gasteiger partial charge in [0.05, 0.1) is 11.3 Å². The zero-order valence-electron chi connectivity index (χ0n) is 9.24. The molecule has 1 aromatic carbocycles. The molecule has 0 fully saturated rings. The molecule has 2 aromatic rings. The highest BCUT2D eigenvalue weighted by Crippen LogP contribution is 2.17. The minimum Gasteiger partial charge on any atom is -0.330 e. The SMILES string of the molecule is NCCc1cncn1Cc1ccc(F)c(Cl)c1. The lowest BCUT2D eigenvalue weighted by molar-refractivity contribution is 0.626. The first-order valence-electron chi connectivity index (χ1n) is 5.33. The van der Waals surface area contributed by atoms with Gasteiger partial charge in [0.15, 0.2) is 0 Å². The van der Waals surface area contributed by atoms with Gasteiger partial charge in [-0.3, -0.25) is 0 Å². The molecule has 1 heterocycles. The van der Waals surface area contributed by atoms with Crippen LogP contribution >= 0.6 is 11.6 Å². The van der Waals surface area contributed by atoms with Crippen LogP contribution in [0.2, 0.25) is 5.02 Å². The summed E-state index contributed by atoms with van der Waals surface area (Å²) in [6, 6.07) is 4.72. The van der Waals surface area contributed by atoms with Crippen LogP contribution in [0.1, 0.15) is 11.3 Å². The molecule has 0 aliphatic rings. The summed E-state index contributed by atoms with van der Waals surface area (Å²) in [5.74, 6) is -0.400. The molecule has 0 aliphatic heterocycles. The topological polar surface area (TPSA) is 43.8 Å². The Hall–Kier alpha value is -1.39. The number of aromatic nitrogens is 2. The zero-order chi connectivity index (χ0) is 12.3. The number of benzene rings is 1. The third-order valence-corrected chi connectivity index (χ3v) is 2.83. The van der Waals surface area contributed by atoms with Crippen LogP contribution in [0.15, 0.2) is 30.7 Å². The van der Waals surface area contributed by atoms with Crippen molar-refractivity contribution in [2.75, 3.05) is 6.54 Å². The van der Waals surface area contributed by atoms with Crippen molar-refractivity contribution in [3.63, 3.8) is 0 Å². The Labute approximate surface area is 104 Å². The molecule has 0 radical (unpaired) electrons. The molecule has 5 heteroatoms. The molecule has 0 amide bonds. The number of nitrogens with zero attached hydrogens (tertiary/aromatic N) is 2. The van der Waals surface area contributed by atoms with E-state index >= 15 is 0 Å². The van der Waals surface area contributed by atoms with Crippen LogP contribution in [0.4, 0.5) is 4.39 Å². The number of halogens is 2. The van der Waals surface area contributed by atoms with E-state index in [0.717, 1.165) is 17.7 Å². The van der Waals surface area contributed by atoms with Crippen LogP contribution in [-0.2, 0) is 13.0 Å². The molecule has 2 N–H and O–H groups in total. The van der Waals surface area contributed by atoms with Crippen LogP contribution < -0.4 is 5.73 Å². The van der Waals surface area contributed by atoms with E-state index in [0.29, 0.717) is 13.1 Å². The van der Waals surface area contributed by atoms with Crippen LogP contribution in [-0.4, -0.2) is 16.1 Å². The molecular weight excluding hydrogens is 241 g/mol. The summed E-state index contributed by atoms with van der Waals surface area (Å²) in [7, 11) is 0. The fourth-order valence-corrected chi connectivity index (χ4v) is 1.88. The molecule has 90 valence electrons. The van der Waals surface area contributed by atoms with Crippen LogP contribution in [0.25, 0.3) is 0 Å². The van der Waals surface area contributed by atoms with Gasteiger partial charge >= 0.3 is 0 Å². The lowest BCUT2D eigenvalue weighted by Crippen LogP contribution is -2.09. The van der Waals surface area contributed by atoms with Crippen molar-refractivity contribution >= 4 is 11.6 Å². The second-order valence-corrected chi connectivity index (χ2v) is 4.21. The normalized spacial score (nSPS) is 10.8. The summed E-state index contributed by atoms with van der Waals surface area (Å²) < 4.78 is 15.0.